The highest BCUT2D eigenvalue weighted by atomic mass is 32.1. The molecule has 1 fully saturated rings. The Morgan fingerprint density at radius 3 is 2.61 bits per heavy atom. The molecule has 6 nitrogen and oxygen atoms in total. The van der Waals surface area contributed by atoms with E-state index in [1.165, 1.54) is 6.07 Å². The average Bonchev–Trinajstić information content (AvgIpc) is 3.49. The first-order chi connectivity index (χ1) is 17.5. The number of carbonyl (C=O) groups excluding carboxylic acids is 1. The predicted octanol–water partition coefficient (Wildman–Crippen LogP) is 5.32. The van der Waals surface area contributed by atoms with Crippen LogP contribution in [0.1, 0.15) is 35.5 Å². The molecule has 1 amide bonds. The predicted molar refractivity (Wildman–Crippen MR) is 142 cm³/mol. The fourth-order valence-electron chi connectivity index (χ4n) is 4.62. The van der Waals surface area contributed by atoms with Crippen molar-refractivity contribution in [2.24, 2.45) is 0 Å². The number of aryl methyl sites for hydroxylation is 1. The molecule has 36 heavy (non-hydrogen) atoms. The normalized spacial score (nSPS) is 17.2. The number of para-hydroxylation sites is 2. The van der Waals surface area contributed by atoms with E-state index in [0.29, 0.717) is 17.3 Å². The minimum absolute atomic E-state index is 0.100. The second-order valence-electron chi connectivity index (χ2n) is 8.69. The van der Waals surface area contributed by atoms with Crippen LogP contribution < -0.4 is 10.6 Å². The Bertz CT molecular complexity index is 1390. The SMILES string of the molecule is Cc1ccccc1NC(=O)CCN1C(=S)N[C@@H](c2ccccn2)[C@@H]1c1cccn1-c1ccccc1F. The van der Waals surface area contributed by atoms with Crippen LogP contribution in [0.5, 0.6) is 0 Å². The van der Waals surface area contributed by atoms with Gasteiger partial charge in [0.05, 0.1) is 23.5 Å². The summed E-state index contributed by atoms with van der Waals surface area (Å²) in [5.74, 6) is -0.418. The van der Waals surface area contributed by atoms with Gasteiger partial charge in [0.1, 0.15) is 5.82 Å². The number of anilines is 1. The standard InChI is InChI=1S/C28H26FN5OS/c1-19-9-2-4-11-21(19)31-25(35)15-18-34-27(26(32-28(34)36)22-12-6-7-16-30-22)24-14-8-17-33(24)23-13-5-3-10-20(23)29/h2-14,16-17,26-27H,15,18H2,1H3,(H,31,35)(H,32,36)/t26-,27-/m0/s1. The maximum Gasteiger partial charge on any atom is 0.226 e. The van der Waals surface area contributed by atoms with Gasteiger partial charge in [0.25, 0.3) is 0 Å². The lowest BCUT2D eigenvalue weighted by Crippen LogP contribution is -2.33. The minimum Gasteiger partial charge on any atom is -0.352 e. The number of nitrogens with zero attached hydrogens (tertiary/aromatic N) is 3. The zero-order valence-corrected chi connectivity index (χ0v) is 20.6. The molecule has 2 atom stereocenters. The van der Waals surface area contributed by atoms with Crippen LogP contribution in [-0.4, -0.2) is 32.0 Å². The fourth-order valence-corrected chi connectivity index (χ4v) is 4.95. The molecule has 0 bridgehead atoms. The molecule has 0 unspecified atom stereocenters. The van der Waals surface area contributed by atoms with E-state index in [1.54, 1.807) is 18.3 Å². The maximum atomic E-state index is 14.8. The van der Waals surface area contributed by atoms with Crippen molar-refractivity contribution in [1.29, 1.82) is 0 Å². The molecule has 1 saturated heterocycles. The van der Waals surface area contributed by atoms with Crippen molar-refractivity contribution in [3.05, 3.63) is 114 Å². The summed E-state index contributed by atoms with van der Waals surface area (Å²) in [5.41, 5.74) is 3.91. The van der Waals surface area contributed by atoms with Gasteiger partial charge in [-0.05, 0) is 67.2 Å². The van der Waals surface area contributed by atoms with Crippen molar-refractivity contribution in [2.45, 2.75) is 25.4 Å². The molecule has 8 heteroatoms. The number of rotatable bonds is 7. The fraction of sp³-hybridized carbons (Fsp3) is 0.179. The number of hydrogen-bond acceptors (Lipinski definition) is 3. The molecule has 2 N–H and O–H groups in total. The summed E-state index contributed by atoms with van der Waals surface area (Å²) in [6.45, 7) is 2.35. The molecular formula is C28H26FN5OS. The molecule has 0 radical (unpaired) electrons. The molecule has 3 heterocycles. The number of hydrogen-bond donors (Lipinski definition) is 2. The first kappa shape index (κ1) is 23.7. The number of benzene rings is 2. The molecule has 182 valence electrons. The van der Waals surface area contributed by atoms with Crippen LogP contribution in [-0.2, 0) is 4.79 Å². The summed E-state index contributed by atoms with van der Waals surface area (Å²) < 4.78 is 16.6. The van der Waals surface area contributed by atoms with Crippen LogP contribution in [0.3, 0.4) is 0 Å². The van der Waals surface area contributed by atoms with Gasteiger partial charge in [-0.2, -0.15) is 0 Å². The highest BCUT2D eigenvalue weighted by Crippen LogP contribution is 2.39. The van der Waals surface area contributed by atoms with Crippen molar-refractivity contribution in [3.8, 4) is 5.69 Å². The van der Waals surface area contributed by atoms with Crippen LogP contribution >= 0.6 is 12.2 Å². The maximum absolute atomic E-state index is 14.8. The van der Waals surface area contributed by atoms with Gasteiger partial charge in [-0.1, -0.05) is 36.4 Å². The number of aromatic nitrogens is 2. The van der Waals surface area contributed by atoms with Gasteiger partial charge in [0.2, 0.25) is 5.91 Å². The van der Waals surface area contributed by atoms with Crippen molar-refractivity contribution >= 4 is 28.9 Å². The minimum atomic E-state index is -0.318. The first-order valence-corrected chi connectivity index (χ1v) is 12.2. The van der Waals surface area contributed by atoms with Gasteiger partial charge in [-0.25, -0.2) is 4.39 Å². The number of amides is 1. The second kappa shape index (κ2) is 10.3. The van der Waals surface area contributed by atoms with Gasteiger partial charge in [-0.15, -0.1) is 0 Å². The highest BCUT2D eigenvalue weighted by Gasteiger charge is 2.41. The number of nitrogens with one attached hydrogen (secondary N) is 2. The van der Waals surface area contributed by atoms with E-state index in [-0.39, 0.29) is 30.2 Å². The van der Waals surface area contributed by atoms with E-state index in [4.69, 9.17) is 12.2 Å². The Kier molecular flexibility index (Phi) is 6.77. The van der Waals surface area contributed by atoms with Crippen LogP contribution in [0, 0.1) is 12.7 Å². The van der Waals surface area contributed by atoms with Gasteiger partial charge in [-0.3, -0.25) is 9.78 Å². The van der Waals surface area contributed by atoms with E-state index < -0.39 is 0 Å². The van der Waals surface area contributed by atoms with E-state index in [1.807, 2.05) is 83.3 Å². The molecular weight excluding hydrogens is 473 g/mol. The molecule has 2 aromatic heterocycles. The average molecular weight is 500 g/mol. The lowest BCUT2D eigenvalue weighted by atomic mass is 10.0. The molecule has 5 rings (SSSR count). The van der Waals surface area contributed by atoms with E-state index in [2.05, 4.69) is 15.6 Å². The van der Waals surface area contributed by atoms with Gasteiger partial charge in [0, 0.05) is 36.7 Å². The summed E-state index contributed by atoms with van der Waals surface area (Å²) >= 11 is 5.73. The molecule has 0 aliphatic carbocycles. The Hall–Kier alpha value is -4.04. The highest BCUT2D eigenvalue weighted by molar-refractivity contribution is 7.80. The Morgan fingerprint density at radius 1 is 1.06 bits per heavy atom. The van der Waals surface area contributed by atoms with Crippen molar-refractivity contribution in [1.82, 2.24) is 19.8 Å². The van der Waals surface area contributed by atoms with Crippen molar-refractivity contribution in [3.63, 3.8) is 0 Å². The quantitative estimate of drug-likeness (QED) is 0.337. The Morgan fingerprint density at radius 2 is 1.83 bits per heavy atom. The smallest absolute Gasteiger partial charge is 0.226 e. The van der Waals surface area contributed by atoms with Gasteiger partial charge < -0.3 is 20.1 Å². The summed E-state index contributed by atoms with van der Waals surface area (Å²) in [6.07, 6.45) is 3.82. The molecule has 2 aromatic carbocycles. The number of carbonyl (C=O) groups is 1. The summed E-state index contributed by atoms with van der Waals surface area (Å²) in [5, 5.41) is 6.91. The largest absolute Gasteiger partial charge is 0.352 e. The third-order valence-corrected chi connectivity index (χ3v) is 6.74. The molecule has 0 spiro atoms. The van der Waals surface area contributed by atoms with Crippen LogP contribution in [0.2, 0.25) is 0 Å². The van der Waals surface area contributed by atoms with Crippen LogP contribution in [0.4, 0.5) is 10.1 Å². The zero-order valence-electron chi connectivity index (χ0n) is 19.8. The number of pyridine rings is 1. The lowest BCUT2D eigenvalue weighted by molar-refractivity contribution is -0.116. The molecule has 4 aromatic rings. The summed E-state index contributed by atoms with van der Waals surface area (Å²) in [6, 6.07) is 23.4. The second-order valence-corrected chi connectivity index (χ2v) is 9.07. The topological polar surface area (TPSA) is 62.2 Å². The van der Waals surface area contributed by atoms with Crippen molar-refractivity contribution < 1.29 is 9.18 Å². The Labute approximate surface area is 214 Å². The van der Waals surface area contributed by atoms with E-state index in [0.717, 1.165) is 22.6 Å². The zero-order chi connectivity index (χ0) is 25.1. The number of halogens is 1. The summed E-state index contributed by atoms with van der Waals surface area (Å²) in [4.78, 5) is 19.4. The third kappa shape index (κ3) is 4.72. The van der Waals surface area contributed by atoms with Crippen LogP contribution in [0.25, 0.3) is 5.69 Å². The number of thiocarbonyl (C=S) groups is 1. The lowest BCUT2D eigenvalue weighted by Gasteiger charge is -2.29. The van der Waals surface area contributed by atoms with Crippen molar-refractivity contribution in [2.75, 3.05) is 11.9 Å². The van der Waals surface area contributed by atoms with E-state index in [9.17, 15) is 9.18 Å². The third-order valence-electron chi connectivity index (χ3n) is 6.39. The first-order valence-electron chi connectivity index (χ1n) is 11.8. The monoisotopic (exact) mass is 499 g/mol. The summed E-state index contributed by atoms with van der Waals surface area (Å²) in [7, 11) is 0. The van der Waals surface area contributed by atoms with Crippen LogP contribution in [0.15, 0.2) is 91.3 Å². The van der Waals surface area contributed by atoms with Gasteiger partial charge in [0.15, 0.2) is 5.11 Å². The molecule has 0 saturated carbocycles. The Balaban J connectivity index is 1.46. The molecule has 1 aliphatic heterocycles. The molecule has 1 aliphatic rings. The van der Waals surface area contributed by atoms with E-state index >= 15 is 0 Å². The van der Waals surface area contributed by atoms with Gasteiger partial charge >= 0.3 is 0 Å².